The number of rotatable bonds is 9. The summed E-state index contributed by atoms with van der Waals surface area (Å²) in [7, 11) is 0. The van der Waals surface area contributed by atoms with Gasteiger partial charge in [0.2, 0.25) is 17.7 Å². The van der Waals surface area contributed by atoms with Crippen LogP contribution in [-0.2, 0) is 14.4 Å². The Kier molecular flexibility index (Phi) is 8.42. The topological polar surface area (TPSA) is 78.5 Å². The highest BCUT2D eigenvalue weighted by molar-refractivity contribution is 8.00. The summed E-state index contributed by atoms with van der Waals surface area (Å²) in [5.41, 5.74) is 0. The zero-order chi connectivity index (χ0) is 17.2. The third kappa shape index (κ3) is 7.11. The van der Waals surface area contributed by atoms with E-state index in [9.17, 15) is 14.4 Å². The van der Waals surface area contributed by atoms with E-state index in [0.717, 1.165) is 32.4 Å². The van der Waals surface area contributed by atoms with Crippen molar-refractivity contribution < 1.29 is 14.4 Å². The van der Waals surface area contributed by atoms with Crippen molar-refractivity contribution in [2.24, 2.45) is 5.92 Å². The van der Waals surface area contributed by atoms with Crippen molar-refractivity contribution in [1.29, 1.82) is 0 Å². The van der Waals surface area contributed by atoms with Crippen molar-refractivity contribution in [3.05, 3.63) is 0 Å². The third-order valence-corrected chi connectivity index (χ3v) is 5.59. The van der Waals surface area contributed by atoms with E-state index in [1.807, 2.05) is 4.90 Å². The minimum atomic E-state index is -0.0749. The number of hydrogen-bond donors (Lipinski definition) is 2. The van der Waals surface area contributed by atoms with Crippen LogP contribution in [0.25, 0.3) is 0 Å². The van der Waals surface area contributed by atoms with Crippen LogP contribution in [0.15, 0.2) is 0 Å². The van der Waals surface area contributed by atoms with Gasteiger partial charge in [0.25, 0.3) is 0 Å². The number of carbonyl (C=O) groups excluding carboxylic acids is 3. The third-order valence-electron chi connectivity index (χ3n) is 4.65. The molecule has 2 fully saturated rings. The summed E-state index contributed by atoms with van der Waals surface area (Å²) in [6, 6.07) is 0. The Balaban J connectivity index is 1.48. The van der Waals surface area contributed by atoms with E-state index in [-0.39, 0.29) is 23.5 Å². The molecule has 0 bridgehead atoms. The van der Waals surface area contributed by atoms with Crippen LogP contribution in [0.1, 0.15) is 44.9 Å². The lowest BCUT2D eigenvalue weighted by Crippen LogP contribution is -2.39. The van der Waals surface area contributed by atoms with E-state index in [2.05, 4.69) is 10.6 Å². The van der Waals surface area contributed by atoms with Crippen molar-refractivity contribution in [2.45, 2.75) is 44.9 Å². The Hall–Kier alpha value is -1.24. The monoisotopic (exact) mass is 355 g/mol. The molecule has 1 saturated heterocycles. The molecule has 1 aliphatic carbocycles. The van der Waals surface area contributed by atoms with Crippen LogP contribution in [0.2, 0.25) is 0 Å². The second-order valence-electron chi connectivity index (χ2n) is 6.64. The fourth-order valence-corrected chi connectivity index (χ4v) is 3.58. The zero-order valence-electron chi connectivity index (χ0n) is 14.3. The van der Waals surface area contributed by atoms with Crippen molar-refractivity contribution in [2.75, 3.05) is 37.7 Å². The molecule has 1 heterocycles. The molecule has 0 unspecified atom stereocenters. The van der Waals surface area contributed by atoms with Crippen molar-refractivity contribution >= 4 is 29.5 Å². The molecule has 24 heavy (non-hydrogen) atoms. The van der Waals surface area contributed by atoms with Gasteiger partial charge >= 0.3 is 0 Å². The first-order valence-corrected chi connectivity index (χ1v) is 10.2. The molecule has 136 valence electrons. The lowest BCUT2D eigenvalue weighted by atomic mass is 9.85. The van der Waals surface area contributed by atoms with Gasteiger partial charge in [-0.15, -0.1) is 11.8 Å². The van der Waals surface area contributed by atoms with Gasteiger partial charge in [-0.3, -0.25) is 14.4 Å². The van der Waals surface area contributed by atoms with Crippen LogP contribution >= 0.6 is 11.8 Å². The van der Waals surface area contributed by atoms with Gasteiger partial charge < -0.3 is 15.5 Å². The molecule has 1 saturated carbocycles. The summed E-state index contributed by atoms with van der Waals surface area (Å²) in [4.78, 5) is 37.1. The standard InChI is InChI=1S/C17H29N3O3S/c21-15(12-24-13-16(22)19-11-14-5-4-6-14)18-8-10-20-9-3-1-2-7-17(20)23/h14H,1-13H2,(H,18,21)(H,19,22). The number of amides is 3. The van der Waals surface area contributed by atoms with Gasteiger partial charge in [-0.25, -0.2) is 0 Å². The van der Waals surface area contributed by atoms with Gasteiger partial charge in [-0.1, -0.05) is 12.8 Å². The fraction of sp³-hybridized carbons (Fsp3) is 0.824. The summed E-state index contributed by atoms with van der Waals surface area (Å²) in [6.45, 7) is 2.64. The highest BCUT2D eigenvalue weighted by Gasteiger charge is 2.18. The SMILES string of the molecule is O=C(CSCC(=O)NCC1CCC1)NCCN1CCCCCC1=O. The molecule has 0 atom stereocenters. The number of nitrogens with one attached hydrogen (secondary N) is 2. The van der Waals surface area contributed by atoms with Gasteiger partial charge in [0, 0.05) is 32.6 Å². The molecule has 3 amide bonds. The number of nitrogens with zero attached hydrogens (tertiary/aromatic N) is 1. The zero-order valence-corrected chi connectivity index (χ0v) is 15.2. The Labute approximate surface area is 148 Å². The van der Waals surface area contributed by atoms with Gasteiger partial charge in [-0.2, -0.15) is 0 Å². The number of hydrogen-bond acceptors (Lipinski definition) is 4. The Morgan fingerprint density at radius 2 is 1.79 bits per heavy atom. The molecule has 0 aromatic rings. The second-order valence-corrected chi connectivity index (χ2v) is 7.62. The van der Waals surface area contributed by atoms with Crippen LogP contribution in [0.5, 0.6) is 0 Å². The smallest absolute Gasteiger partial charge is 0.230 e. The molecule has 0 aromatic carbocycles. The molecule has 0 radical (unpaired) electrons. The minimum Gasteiger partial charge on any atom is -0.355 e. The van der Waals surface area contributed by atoms with Crippen LogP contribution in [0, 0.1) is 5.92 Å². The Morgan fingerprint density at radius 1 is 1.04 bits per heavy atom. The Morgan fingerprint density at radius 3 is 2.50 bits per heavy atom. The Bertz CT molecular complexity index is 441. The quantitative estimate of drug-likeness (QED) is 0.650. The van der Waals surface area contributed by atoms with Gasteiger partial charge in [0.1, 0.15) is 0 Å². The predicted molar refractivity (Wildman–Crippen MR) is 95.7 cm³/mol. The molecule has 7 heteroatoms. The molecule has 2 N–H and O–H groups in total. The van der Waals surface area contributed by atoms with E-state index < -0.39 is 0 Å². The summed E-state index contributed by atoms with van der Waals surface area (Å²) in [6.07, 6.45) is 7.46. The van der Waals surface area contributed by atoms with E-state index >= 15 is 0 Å². The summed E-state index contributed by atoms with van der Waals surface area (Å²) >= 11 is 1.33. The molecule has 6 nitrogen and oxygen atoms in total. The van der Waals surface area contributed by atoms with Gasteiger partial charge in [0.15, 0.2) is 0 Å². The summed E-state index contributed by atoms with van der Waals surface area (Å²) in [5, 5.41) is 5.75. The van der Waals surface area contributed by atoms with Crippen LogP contribution in [-0.4, -0.2) is 60.3 Å². The second kappa shape index (κ2) is 10.6. The van der Waals surface area contributed by atoms with E-state index in [1.165, 1.54) is 31.0 Å². The number of thioether (sulfide) groups is 1. The maximum Gasteiger partial charge on any atom is 0.230 e. The molecule has 1 aliphatic heterocycles. The minimum absolute atomic E-state index is 0.00913. The highest BCUT2D eigenvalue weighted by Crippen LogP contribution is 2.25. The lowest BCUT2D eigenvalue weighted by Gasteiger charge is -2.25. The molecule has 2 aliphatic rings. The van der Waals surface area contributed by atoms with Crippen LogP contribution in [0.3, 0.4) is 0 Å². The van der Waals surface area contributed by atoms with Gasteiger partial charge in [-0.05, 0) is 31.6 Å². The average Bonchev–Trinajstić information content (AvgIpc) is 2.71. The van der Waals surface area contributed by atoms with Crippen LogP contribution < -0.4 is 10.6 Å². The van der Waals surface area contributed by atoms with E-state index in [4.69, 9.17) is 0 Å². The van der Waals surface area contributed by atoms with Crippen molar-refractivity contribution in [1.82, 2.24) is 15.5 Å². The maximum absolute atomic E-state index is 11.8. The van der Waals surface area contributed by atoms with Crippen LogP contribution in [0.4, 0.5) is 0 Å². The highest BCUT2D eigenvalue weighted by atomic mass is 32.2. The first-order chi connectivity index (χ1) is 11.6. The molecular weight excluding hydrogens is 326 g/mol. The molecule has 0 spiro atoms. The number of carbonyl (C=O) groups is 3. The maximum atomic E-state index is 11.8. The number of likely N-dealkylation sites (tertiary alicyclic amines) is 1. The first kappa shape index (κ1) is 19.1. The normalized spacial score (nSPS) is 18.7. The predicted octanol–water partition coefficient (Wildman–Crippen LogP) is 1.15. The average molecular weight is 356 g/mol. The van der Waals surface area contributed by atoms with Gasteiger partial charge in [0.05, 0.1) is 11.5 Å². The lowest BCUT2D eigenvalue weighted by molar-refractivity contribution is -0.131. The summed E-state index contributed by atoms with van der Waals surface area (Å²) < 4.78 is 0. The fourth-order valence-electron chi connectivity index (χ4n) is 2.90. The van der Waals surface area contributed by atoms with Crippen molar-refractivity contribution in [3.8, 4) is 0 Å². The summed E-state index contributed by atoms with van der Waals surface area (Å²) in [5.74, 6) is 1.39. The van der Waals surface area contributed by atoms with E-state index in [1.54, 1.807) is 0 Å². The molecule has 2 rings (SSSR count). The first-order valence-electron chi connectivity index (χ1n) is 9.04. The molecular formula is C17H29N3O3S. The van der Waals surface area contributed by atoms with E-state index in [0.29, 0.717) is 31.2 Å². The molecule has 0 aromatic heterocycles. The largest absolute Gasteiger partial charge is 0.355 e. The van der Waals surface area contributed by atoms with Crippen molar-refractivity contribution in [3.63, 3.8) is 0 Å².